The lowest BCUT2D eigenvalue weighted by atomic mass is 10.0. The molecule has 1 aliphatic heterocycles. The Bertz CT molecular complexity index is 809. The second-order valence-electron chi connectivity index (χ2n) is 5.89. The topological polar surface area (TPSA) is 40.6 Å². The molecule has 0 unspecified atom stereocenters. The number of hydrogen-bond acceptors (Lipinski definition) is 4. The summed E-state index contributed by atoms with van der Waals surface area (Å²) in [6, 6.07) is 7.76. The summed E-state index contributed by atoms with van der Waals surface area (Å²) in [5.41, 5.74) is 4.49. The molecule has 2 aromatic rings. The third-order valence-electron chi connectivity index (χ3n) is 4.31. The quantitative estimate of drug-likeness (QED) is 0.852. The van der Waals surface area contributed by atoms with E-state index in [4.69, 9.17) is 0 Å². The van der Waals surface area contributed by atoms with E-state index in [9.17, 15) is 9.59 Å². The number of likely N-dealkylation sites (N-methyl/N-ethyl adjacent to an activating group) is 1. The molecule has 0 saturated carbocycles. The fourth-order valence-electron chi connectivity index (χ4n) is 2.94. The Morgan fingerprint density at radius 1 is 1.33 bits per heavy atom. The van der Waals surface area contributed by atoms with Crippen molar-refractivity contribution < 1.29 is 9.59 Å². The maximum atomic E-state index is 12.5. The normalized spacial score (nSPS) is 14.0. The van der Waals surface area contributed by atoms with Crippen LogP contribution < -0.4 is 9.80 Å². The van der Waals surface area contributed by atoms with Gasteiger partial charge in [0.2, 0.25) is 0 Å². The number of carbonyl (C=O) groups is 2. The molecular weight excluding hydrogens is 320 g/mol. The van der Waals surface area contributed by atoms with Crippen LogP contribution >= 0.6 is 11.3 Å². The summed E-state index contributed by atoms with van der Waals surface area (Å²) >= 11 is 1.51. The van der Waals surface area contributed by atoms with E-state index in [0.717, 1.165) is 29.1 Å². The van der Waals surface area contributed by atoms with Crippen LogP contribution in [-0.2, 0) is 4.79 Å². The van der Waals surface area contributed by atoms with Crippen LogP contribution in [0.3, 0.4) is 0 Å². The molecule has 0 spiro atoms. The van der Waals surface area contributed by atoms with Gasteiger partial charge in [0.05, 0.1) is 12.1 Å². The Labute approximate surface area is 146 Å². The van der Waals surface area contributed by atoms with Gasteiger partial charge in [-0.2, -0.15) is 11.3 Å². The molecule has 1 aromatic heterocycles. The van der Waals surface area contributed by atoms with Crippen LogP contribution in [0.15, 0.2) is 41.1 Å². The molecule has 5 heteroatoms. The van der Waals surface area contributed by atoms with Crippen LogP contribution in [0.4, 0.5) is 11.4 Å². The number of fused-ring (bicyclic) bond motifs is 1. The van der Waals surface area contributed by atoms with Gasteiger partial charge in [-0.05, 0) is 55.1 Å². The highest BCUT2D eigenvalue weighted by Gasteiger charge is 2.21. The summed E-state index contributed by atoms with van der Waals surface area (Å²) in [6.45, 7) is 5.14. The lowest BCUT2D eigenvalue weighted by molar-refractivity contribution is -0.113. The van der Waals surface area contributed by atoms with Gasteiger partial charge < -0.3 is 9.80 Å². The first-order valence-corrected chi connectivity index (χ1v) is 8.86. The first-order chi connectivity index (χ1) is 11.5. The average molecular weight is 340 g/mol. The predicted octanol–water partition coefficient (Wildman–Crippen LogP) is 3.84. The zero-order valence-corrected chi connectivity index (χ0v) is 14.9. The summed E-state index contributed by atoms with van der Waals surface area (Å²) in [6.07, 6.45) is 1.69. The van der Waals surface area contributed by atoms with Crippen LogP contribution in [0.5, 0.6) is 0 Å². The van der Waals surface area contributed by atoms with Gasteiger partial charge in [0.1, 0.15) is 0 Å². The monoisotopic (exact) mass is 340 g/mol. The van der Waals surface area contributed by atoms with Gasteiger partial charge in [-0.25, -0.2) is 0 Å². The number of rotatable bonds is 3. The number of ketones is 1. The van der Waals surface area contributed by atoms with Crippen LogP contribution in [0.2, 0.25) is 0 Å². The molecule has 1 amide bonds. The number of hydrogen-bond donors (Lipinski definition) is 0. The van der Waals surface area contributed by atoms with Crippen LogP contribution in [0.1, 0.15) is 29.8 Å². The van der Waals surface area contributed by atoms with E-state index in [1.54, 1.807) is 18.0 Å². The van der Waals surface area contributed by atoms with Gasteiger partial charge in [-0.3, -0.25) is 9.59 Å². The maximum Gasteiger partial charge on any atom is 0.258 e. The van der Waals surface area contributed by atoms with Crippen molar-refractivity contribution in [1.82, 2.24) is 0 Å². The van der Waals surface area contributed by atoms with Crippen molar-refractivity contribution >= 4 is 40.0 Å². The number of carbonyl (C=O) groups excluding carboxylic acids is 2. The highest BCUT2D eigenvalue weighted by Crippen LogP contribution is 2.33. The van der Waals surface area contributed by atoms with Crippen molar-refractivity contribution in [2.45, 2.75) is 13.8 Å². The number of anilines is 2. The van der Waals surface area contributed by atoms with E-state index in [2.05, 4.69) is 4.90 Å². The van der Waals surface area contributed by atoms with Crippen molar-refractivity contribution in [1.29, 1.82) is 0 Å². The number of nitrogens with zero attached hydrogens (tertiary/aromatic N) is 2. The highest BCUT2D eigenvalue weighted by atomic mass is 32.1. The number of amides is 1. The van der Waals surface area contributed by atoms with Gasteiger partial charge in [0.15, 0.2) is 5.78 Å². The van der Waals surface area contributed by atoms with E-state index in [-0.39, 0.29) is 11.7 Å². The largest absolute Gasteiger partial charge is 0.364 e. The Kier molecular flexibility index (Phi) is 4.53. The molecule has 0 aliphatic carbocycles. The Morgan fingerprint density at radius 2 is 2.12 bits per heavy atom. The SMILES string of the molecule is CCN1CC(=O)C=C(C)c2cc(N(C)C(=O)c3ccsc3)ccc21. The fraction of sp³-hybridized carbons (Fsp3) is 0.263. The maximum absolute atomic E-state index is 12.5. The summed E-state index contributed by atoms with van der Waals surface area (Å²) in [5.74, 6) is 0.0738. The van der Waals surface area contributed by atoms with Gasteiger partial charge in [0.25, 0.3) is 5.91 Å². The van der Waals surface area contributed by atoms with Crippen molar-refractivity contribution in [3.63, 3.8) is 0 Å². The number of benzene rings is 1. The Balaban J connectivity index is 2.01. The molecule has 0 N–H and O–H groups in total. The minimum Gasteiger partial charge on any atom is -0.364 e. The molecule has 124 valence electrons. The summed E-state index contributed by atoms with van der Waals surface area (Å²) in [7, 11) is 1.78. The molecule has 2 heterocycles. The average Bonchev–Trinajstić information content (AvgIpc) is 3.08. The molecule has 24 heavy (non-hydrogen) atoms. The van der Waals surface area contributed by atoms with Crippen molar-refractivity contribution in [2.24, 2.45) is 0 Å². The standard InChI is InChI=1S/C19H20N2O2S/c1-4-21-11-16(22)9-13(2)17-10-15(5-6-18(17)21)20(3)19(23)14-7-8-24-12-14/h5-10,12H,4,11H2,1-3H3. The fourth-order valence-corrected chi connectivity index (χ4v) is 3.57. The Hall–Kier alpha value is -2.40. The highest BCUT2D eigenvalue weighted by molar-refractivity contribution is 7.08. The van der Waals surface area contributed by atoms with E-state index in [0.29, 0.717) is 12.1 Å². The second-order valence-corrected chi connectivity index (χ2v) is 6.67. The molecule has 0 saturated heterocycles. The van der Waals surface area contributed by atoms with E-state index >= 15 is 0 Å². The van der Waals surface area contributed by atoms with Crippen molar-refractivity contribution in [3.05, 3.63) is 52.2 Å². The first kappa shape index (κ1) is 16.5. The molecular formula is C19H20N2O2S. The van der Waals surface area contributed by atoms with Gasteiger partial charge >= 0.3 is 0 Å². The van der Waals surface area contributed by atoms with Crippen molar-refractivity contribution in [2.75, 3.05) is 29.9 Å². The summed E-state index contributed by atoms with van der Waals surface area (Å²) in [5, 5.41) is 3.75. The third-order valence-corrected chi connectivity index (χ3v) is 4.99. The van der Waals surface area contributed by atoms with Gasteiger partial charge in [0, 0.05) is 35.9 Å². The van der Waals surface area contributed by atoms with Crippen LogP contribution in [0, 0.1) is 0 Å². The molecule has 1 aromatic carbocycles. The first-order valence-electron chi connectivity index (χ1n) is 7.92. The molecule has 3 rings (SSSR count). The molecule has 0 radical (unpaired) electrons. The summed E-state index contributed by atoms with van der Waals surface area (Å²) in [4.78, 5) is 28.3. The van der Waals surface area contributed by atoms with E-state index < -0.39 is 0 Å². The zero-order valence-electron chi connectivity index (χ0n) is 14.1. The van der Waals surface area contributed by atoms with Gasteiger partial charge in [-0.15, -0.1) is 0 Å². The van der Waals surface area contributed by atoms with E-state index in [1.807, 2.05) is 48.9 Å². The van der Waals surface area contributed by atoms with Crippen LogP contribution in [0.25, 0.3) is 5.57 Å². The molecule has 0 fully saturated rings. The molecule has 0 bridgehead atoms. The zero-order chi connectivity index (χ0) is 17.3. The number of allylic oxidation sites excluding steroid dienone is 1. The predicted molar refractivity (Wildman–Crippen MR) is 100 cm³/mol. The minimum absolute atomic E-state index is 0.0325. The summed E-state index contributed by atoms with van der Waals surface area (Å²) < 4.78 is 0. The smallest absolute Gasteiger partial charge is 0.258 e. The lowest BCUT2D eigenvalue weighted by Crippen LogP contribution is -2.29. The van der Waals surface area contributed by atoms with Crippen molar-refractivity contribution in [3.8, 4) is 0 Å². The molecule has 0 atom stereocenters. The van der Waals surface area contributed by atoms with Gasteiger partial charge in [-0.1, -0.05) is 0 Å². The minimum atomic E-state index is -0.0325. The molecule has 1 aliphatic rings. The lowest BCUT2D eigenvalue weighted by Gasteiger charge is -2.25. The van der Waals surface area contributed by atoms with Crippen LogP contribution in [-0.4, -0.2) is 31.8 Å². The third kappa shape index (κ3) is 2.99. The second kappa shape index (κ2) is 6.61. The Morgan fingerprint density at radius 3 is 2.79 bits per heavy atom. The van der Waals surface area contributed by atoms with E-state index in [1.165, 1.54) is 11.3 Å². The number of thiophene rings is 1. The molecule has 4 nitrogen and oxygen atoms in total.